The summed E-state index contributed by atoms with van der Waals surface area (Å²) in [7, 11) is 0. The highest BCUT2D eigenvalue weighted by molar-refractivity contribution is 5.34. The Morgan fingerprint density at radius 2 is 2.24 bits per heavy atom. The largest absolute Gasteiger partial charge is 0.370 e. The van der Waals surface area contributed by atoms with Crippen molar-refractivity contribution in [1.29, 1.82) is 0 Å². The van der Waals surface area contributed by atoms with Gasteiger partial charge in [-0.25, -0.2) is 9.97 Å². The van der Waals surface area contributed by atoms with Crippen molar-refractivity contribution in [3.05, 3.63) is 29.8 Å². The van der Waals surface area contributed by atoms with Crippen molar-refractivity contribution in [2.45, 2.75) is 26.7 Å². The quantitative estimate of drug-likeness (QED) is 0.840. The van der Waals surface area contributed by atoms with Crippen LogP contribution in [0.3, 0.4) is 0 Å². The van der Waals surface area contributed by atoms with Gasteiger partial charge in [-0.15, -0.1) is 0 Å². The molecule has 0 fully saturated rings. The fraction of sp³-hybridized carbons (Fsp3) is 0.455. The Kier molecular flexibility index (Phi) is 3.64. The van der Waals surface area contributed by atoms with Crippen LogP contribution >= 0.6 is 0 Å². The van der Waals surface area contributed by atoms with Crippen molar-refractivity contribution >= 4 is 5.82 Å². The standard InChI is InChI=1S/C11H15N5O/c1-3-9-6-11(14-7-13-9)12-5-4-10-15-8(2)17-16-10/h6-7H,3-5H2,1-2H3,(H,12,13,14). The van der Waals surface area contributed by atoms with Crippen LogP contribution in [0.4, 0.5) is 5.82 Å². The van der Waals surface area contributed by atoms with Gasteiger partial charge in [-0.05, 0) is 6.42 Å². The summed E-state index contributed by atoms with van der Waals surface area (Å²) in [6, 6.07) is 1.95. The summed E-state index contributed by atoms with van der Waals surface area (Å²) < 4.78 is 4.89. The van der Waals surface area contributed by atoms with E-state index in [-0.39, 0.29) is 0 Å². The normalized spacial score (nSPS) is 10.5. The second-order valence-corrected chi connectivity index (χ2v) is 3.65. The predicted octanol–water partition coefficient (Wildman–Crippen LogP) is 1.39. The second-order valence-electron chi connectivity index (χ2n) is 3.65. The summed E-state index contributed by atoms with van der Waals surface area (Å²) >= 11 is 0. The molecule has 0 atom stereocenters. The Morgan fingerprint density at radius 3 is 2.94 bits per heavy atom. The topological polar surface area (TPSA) is 76.7 Å². The van der Waals surface area contributed by atoms with Crippen molar-refractivity contribution in [3.63, 3.8) is 0 Å². The molecule has 0 amide bonds. The Labute approximate surface area is 99.5 Å². The lowest BCUT2D eigenvalue weighted by atomic mass is 10.3. The first-order chi connectivity index (χ1) is 8.28. The molecule has 90 valence electrons. The molecule has 0 aliphatic rings. The first-order valence-corrected chi connectivity index (χ1v) is 5.62. The molecule has 1 N–H and O–H groups in total. The Balaban J connectivity index is 1.85. The molecular formula is C11H15N5O. The molecule has 0 radical (unpaired) electrons. The van der Waals surface area contributed by atoms with Crippen LogP contribution in [0.25, 0.3) is 0 Å². The first kappa shape index (κ1) is 11.5. The molecule has 0 aromatic carbocycles. The van der Waals surface area contributed by atoms with Crippen LogP contribution in [0.1, 0.15) is 24.3 Å². The van der Waals surface area contributed by atoms with Gasteiger partial charge in [0.1, 0.15) is 12.1 Å². The smallest absolute Gasteiger partial charge is 0.223 e. The fourth-order valence-corrected chi connectivity index (χ4v) is 1.43. The summed E-state index contributed by atoms with van der Waals surface area (Å²) in [4.78, 5) is 12.4. The summed E-state index contributed by atoms with van der Waals surface area (Å²) in [5, 5.41) is 7.03. The summed E-state index contributed by atoms with van der Waals surface area (Å²) in [5.74, 6) is 2.13. The number of rotatable bonds is 5. The van der Waals surface area contributed by atoms with Crippen molar-refractivity contribution < 1.29 is 4.52 Å². The molecule has 0 saturated carbocycles. The minimum Gasteiger partial charge on any atom is -0.370 e. The van der Waals surface area contributed by atoms with Gasteiger partial charge in [0.2, 0.25) is 5.89 Å². The Hall–Kier alpha value is -1.98. The summed E-state index contributed by atoms with van der Waals surface area (Å²) in [6.07, 6.45) is 3.18. The SMILES string of the molecule is CCc1cc(NCCc2noc(C)n2)ncn1. The molecule has 17 heavy (non-hydrogen) atoms. The van der Waals surface area contributed by atoms with Gasteiger partial charge in [-0.3, -0.25) is 0 Å². The van der Waals surface area contributed by atoms with Gasteiger partial charge in [0, 0.05) is 31.6 Å². The van der Waals surface area contributed by atoms with Crippen molar-refractivity contribution in [2.75, 3.05) is 11.9 Å². The Morgan fingerprint density at radius 1 is 1.35 bits per heavy atom. The summed E-state index contributed by atoms with van der Waals surface area (Å²) in [6.45, 7) is 4.56. The van der Waals surface area contributed by atoms with E-state index >= 15 is 0 Å². The number of aromatic nitrogens is 4. The number of hydrogen-bond acceptors (Lipinski definition) is 6. The van der Waals surface area contributed by atoms with Crippen LogP contribution in [0.5, 0.6) is 0 Å². The van der Waals surface area contributed by atoms with Gasteiger partial charge < -0.3 is 9.84 Å². The van der Waals surface area contributed by atoms with E-state index in [9.17, 15) is 0 Å². The van der Waals surface area contributed by atoms with Crippen molar-refractivity contribution in [2.24, 2.45) is 0 Å². The molecule has 0 aliphatic heterocycles. The van der Waals surface area contributed by atoms with E-state index in [0.717, 1.165) is 24.5 Å². The lowest BCUT2D eigenvalue weighted by molar-refractivity contribution is 0.387. The van der Waals surface area contributed by atoms with Crippen molar-refractivity contribution in [1.82, 2.24) is 20.1 Å². The monoisotopic (exact) mass is 233 g/mol. The first-order valence-electron chi connectivity index (χ1n) is 5.62. The molecule has 0 spiro atoms. The average molecular weight is 233 g/mol. The van der Waals surface area contributed by atoms with Gasteiger partial charge in [0.05, 0.1) is 0 Å². The van der Waals surface area contributed by atoms with E-state index in [1.54, 1.807) is 13.3 Å². The molecule has 0 bridgehead atoms. The number of hydrogen-bond donors (Lipinski definition) is 1. The lowest BCUT2D eigenvalue weighted by Crippen LogP contribution is -2.08. The predicted molar refractivity (Wildman–Crippen MR) is 62.6 cm³/mol. The molecule has 0 saturated heterocycles. The molecular weight excluding hydrogens is 218 g/mol. The lowest BCUT2D eigenvalue weighted by Gasteiger charge is -2.04. The second kappa shape index (κ2) is 5.38. The van der Waals surface area contributed by atoms with Crippen LogP contribution in [0.15, 0.2) is 16.9 Å². The Bertz CT molecular complexity index is 482. The molecule has 2 aromatic heterocycles. The number of anilines is 1. The maximum absolute atomic E-state index is 4.89. The van der Waals surface area contributed by atoms with E-state index in [1.165, 1.54) is 0 Å². The van der Waals surface area contributed by atoms with Crippen LogP contribution < -0.4 is 5.32 Å². The third kappa shape index (κ3) is 3.24. The van der Waals surface area contributed by atoms with E-state index in [1.807, 2.05) is 6.07 Å². The third-order valence-electron chi connectivity index (χ3n) is 2.31. The molecule has 2 rings (SSSR count). The van der Waals surface area contributed by atoms with Crippen LogP contribution in [0, 0.1) is 6.92 Å². The van der Waals surface area contributed by atoms with E-state index in [2.05, 4.69) is 32.3 Å². The van der Waals surface area contributed by atoms with Gasteiger partial charge in [-0.1, -0.05) is 12.1 Å². The maximum atomic E-state index is 4.89. The van der Waals surface area contributed by atoms with Crippen molar-refractivity contribution in [3.8, 4) is 0 Å². The fourth-order valence-electron chi connectivity index (χ4n) is 1.43. The van der Waals surface area contributed by atoms with E-state index in [4.69, 9.17) is 4.52 Å². The minimum atomic E-state index is 0.593. The van der Waals surface area contributed by atoms with Crippen LogP contribution in [0.2, 0.25) is 0 Å². The summed E-state index contributed by atoms with van der Waals surface area (Å²) in [5.41, 5.74) is 1.03. The van der Waals surface area contributed by atoms with Crippen LogP contribution in [-0.2, 0) is 12.8 Å². The average Bonchev–Trinajstić information content (AvgIpc) is 2.75. The zero-order valence-electron chi connectivity index (χ0n) is 9.97. The van der Waals surface area contributed by atoms with Gasteiger partial charge in [0.15, 0.2) is 5.82 Å². The van der Waals surface area contributed by atoms with Gasteiger partial charge >= 0.3 is 0 Å². The highest BCUT2D eigenvalue weighted by Gasteiger charge is 2.02. The van der Waals surface area contributed by atoms with Gasteiger partial charge in [-0.2, -0.15) is 4.98 Å². The zero-order chi connectivity index (χ0) is 12.1. The maximum Gasteiger partial charge on any atom is 0.223 e. The molecule has 6 heteroatoms. The van der Waals surface area contributed by atoms with Gasteiger partial charge in [0.25, 0.3) is 0 Å². The number of aryl methyl sites for hydroxylation is 2. The zero-order valence-corrected chi connectivity index (χ0v) is 9.97. The third-order valence-corrected chi connectivity index (χ3v) is 2.31. The number of nitrogens with one attached hydrogen (secondary N) is 1. The minimum absolute atomic E-state index is 0.593. The molecule has 6 nitrogen and oxygen atoms in total. The molecule has 0 unspecified atom stereocenters. The molecule has 0 aliphatic carbocycles. The highest BCUT2D eigenvalue weighted by Crippen LogP contribution is 2.04. The molecule has 2 heterocycles. The molecule has 2 aromatic rings. The number of nitrogens with zero attached hydrogens (tertiary/aromatic N) is 4. The van der Waals surface area contributed by atoms with E-state index in [0.29, 0.717) is 18.1 Å². The van der Waals surface area contributed by atoms with E-state index < -0.39 is 0 Å². The van der Waals surface area contributed by atoms with Crippen LogP contribution in [-0.4, -0.2) is 26.7 Å². The highest BCUT2D eigenvalue weighted by atomic mass is 16.5.